The van der Waals surface area contributed by atoms with E-state index in [2.05, 4.69) is 63.1 Å². The van der Waals surface area contributed by atoms with Gasteiger partial charge in [-0.1, -0.05) is 30.3 Å². The van der Waals surface area contributed by atoms with E-state index >= 15 is 0 Å². The first-order valence-corrected chi connectivity index (χ1v) is 10.8. The third kappa shape index (κ3) is 3.15. The lowest BCUT2D eigenvalue weighted by Gasteiger charge is -2.09. The summed E-state index contributed by atoms with van der Waals surface area (Å²) in [6.45, 7) is 0.709. The number of pyridine rings is 1. The second kappa shape index (κ2) is 7.62. The van der Waals surface area contributed by atoms with E-state index in [1.54, 1.807) is 0 Å². The maximum absolute atomic E-state index is 6.11. The molecular weight excluding hydrogens is 396 g/mol. The van der Waals surface area contributed by atoms with Crippen molar-refractivity contribution in [2.24, 2.45) is 5.73 Å². The van der Waals surface area contributed by atoms with Crippen LogP contribution in [0.2, 0.25) is 0 Å². The minimum atomic E-state index is 0.709. The van der Waals surface area contributed by atoms with E-state index in [4.69, 9.17) is 10.2 Å². The lowest BCUT2D eigenvalue weighted by molar-refractivity contribution is 0.631. The van der Waals surface area contributed by atoms with Gasteiger partial charge in [-0.05, 0) is 67.4 Å². The van der Waals surface area contributed by atoms with Crippen molar-refractivity contribution < 1.29 is 4.42 Å². The Balaban J connectivity index is 1.50. The predicted molar refractivity (Wildman–Crippen MR) is 129 cm³/mol. The third-order valence-electron chi connectivity index (χ3n) is 5.97. The molecule has 0 unspecified atom stereocenters. The molecule has 0 fully saturated rings. The number of nitrogens with two attached hydrogens (primary N) is 1. The highest BCUT2D eigenvalue weighted by molar-refractivity contribution is 6.04. The number of hydrogen-bond acceptors (Lipinski definition) is 4. The molecule has 0 aliphatic rings. The molecular formula is C27H22N4O. The molecule has 0 radical (unpaired) electrons. The summed E-state index contributed by atoms with van der Waals surface area (Å²) < 4.78 is 8.24. The fraction of sp³-hybridized carbons (Fsp3) is 0.111. The summed E-state index contributed by atoms with van der Waals surface area (Å²) in [6.07, 6.45) is 5.70. The topological polar surface area (TPSA) is 69.9 Å². The molecule has 0 amide bonds. The number of para-hydroxylation sites is 1. The Labute approximate surface area is 185 Å². The highest BCUT2D eigenvalue weighted by Crippen LogP contribution is 2.32. The zero-order valence-electron chi connectivity index (χ0n) is 17.5. The number of furan rings is 1. The third-order valence-corrected chi connectivity index (χ3v) is 5.97. The molecule has 32 heavy (non-hydrogen) atoms. The van der Waals surface area contributed by atoms with Crippen molar-refractivity contribution in [2.45, 2.75) is 12.8 Å². The minimum Gasteiger partial charge on any atom is -0.456 e. The smallest absolute Gasteiger partial charge is 0.135 e. The van der Waals surface area contributed by atoms with Gasteiger partial charge in [0.25, 0.3) is 0 Å². The fourth-order valence-electron chi connectivity index (χ4n) is 4.30. The molecule has 156 valence electrons. The highest BCUT2D eigenvalue weighted by Gasteiger charge is 2.13. The monoisotopic (exact) mass is 418 g/mol. The number of aryl methyl sites for hydroxylation is 1. The van der Waals surface area contributed by atoms with E-state index in [0.717, 1.165) is 62.8 Å². The molecule has 3 aromatic carbocycles. The van der Waals surface area contributed by atoms with Crippen molar-refractivity contribution in [3.05, 3.63) is 90.9 Å². The number of imidazole rings is 1. The first-order chi connectivity index (χ1) is 15.8. The van der Waals surface area contributed by atoms with E-state index in [0.29, 0.717) is 6.54 Å². The van der Waals surface area contributed by atoms with Gasteiger partial charge in [0.05, 0.1) is 17.2 Å². The zero-order valence-corrected chi connectivity index (χ0v) is 17.5. The van der Waals surface area contributed by atoms with Crippen molar-refractivity contribution in [1.29, 1.82) is 0 Å². The Morgan fingerprint density at radius 2 is 1.75 bits per heavy atom. The van der Waals surface area contributed by atoms with Gasteiger partial charge in [-0.15, -0.1) is 0 Å². The molecule has 0 saturated heterocycles. The molecule has 6 aromatic rings. The molecule has 3 aromatic heterocycles. The van der Waals surface area contributed by atoms with Crippen LogP contribution < -0.4 is 5.73 Å². The normalized spacial score (nSPS) is 11.7. The number of rotatable bonds is 5. The molecule has 5 heteroatoms. The van der Waals surface area contributed by atoms with Crippen LogP contribution in [0.25, 0.3) is 49.9 Å². The van der Waals surface area contributed by atoms with Crippen LogP contribution in [-0.2, 0) is 6.42 Å². The van der Waals surface area contributed by atoms with Crippen molar-refractivity contribution >= 4 is 32.9 Å². The van der Waals surface area contributed by atoms with Crippen LogP contribution in [0, 0.1) is 0 Å². The van der Waals surface area contributed by atoms with Crippen LogP contribution in [0.15, 0.2) is 89.7 Å². The Morgan fingerprint density at radius 1 is 0.875 bits per heavy atom. The molecule has 5 nitrogen and oxygen atoms in total. The maximum atomic E-state index is 6.11. The fourth-order valence-corrected chi connectivity index (χ4v) is 4.30. The Hall–Kier alpha value is -3.96. The van der Waals surface area contributed by atoms with Gasteiger partial charge in [0.15, 0.2) is 0 Å². The quantitative estimate of drug-likeness (QED) is 0.380. The molecule has 6 rings (SSSR count). The lowest BCUT2D eigenvalue weighted by Crippen LogP contribution is -2.00. The first-order valence-electron chi connectivity index (χ1n) is 10.8. The summed E-state index contributed by atoms with van der Waals surface area (Å²) in [6, 6.07) is 25.0. The zero-order chi connectivity index (χ0) is 21.5. The molecule has 0 spiro atoms. The lowest BCUT2D eigenvalue weighted by atomic mass is 10.1. The van der Waals surface area contributed by atoms with Gasteiger partial charge in [0, 0.05) is 22.0 Å². The summed E-state index contributed by atoms with van der Waals surface area (Å²) in [5.74, 6) is 0.848. The Morgan fingerprint density at radius 3 is 2.59 bits per heavy atom. The van der Waals surface area contributed by atoms with Crippen molar-refractivity contribution in [1.82, 2.24) is 14.5 Å². The maximum Gasteiger partial charge on any atom is 0.135 e. The summed E-state index contributed by atoms with van der Waals surface area (Å²) in [7, 11) is 0. The average molecular weight is 419 g/mol. The van der Waals surface area contributed by atoms with E-state index in [1.165, 1.54) is 5.56 Å². The number of fused-ring (bicyclic) bond motifs is 4. The van der Waals surface area contributed by atoms with E-state index < -0.39 is 0 Å². The van der Waals surface area contributed by atoms with Gasteiger partial charge >= 0.3 is 0 Å². The van der Waals surface area contributed by atoms with E-state index in [-0.39, 0.29) is 0 Å². The number of benzene rings is 3. The van der Waals surface area contributed by atoms with Gasteiger partial charge in [-0.2, -0.15) is 0 Å². The second-order valence-corrected chi connectivity index (χ2v) is 8.05. The van der Waals surface area contributed by atoms with E-state index in [1.807, 2.05) is 36.8 Å². The van der Waals surface area contributed by atoms with Crippen LogP contribution >= 0.6 is 0 Å². The molecule has 3 heterocycles. The van der Waals surface area contributed by atoms with Crippen LogP contribution in [0.3, 0.4) is 0 Å². The molecule has 0 atom stereocenters. The van der Waals surface area contributed by atoms with Crippen molar-refractivity contribution in [3.8, 4) is 17.0 Å². The molecule has 0 aliphatic heterocycles. The minimum absolute atomic E-state index is 0.709. The molecule has 0 bridgehead atoms. The van der Waals surface area contributed by atoms with Crippen molar-refractivity contribution in [2.75, 3.05) is 6.54 Å². The molecule has 0 saturated carbocycles. The highest BCUT2D eigenvalue weighted by atomic mass is 16.3. The number of aromatic nitrogens is 3. The first kappa shape index (κ1) is 18.8. The number of hydrogen-bond donors (Lipinski definition) is 1. The summed E-state index contributed by atoms with van der Waals surface area (Å²) in [5, 5.41) is 2.14. The SMILES string of the molecule is NCCCc1ccc(-n2cnc3cnc4ccc(-c5cc6ccccc6o5)cc4c32)cc1. The van der Waals surface area contributed by atoms with Gasteiger partial charge in [-0.25, -0.2) is 4.98 Å². The predicted octanol–water partition coefficient (Wildman–Crippen LogP) is 5.88. The largest absolute Gasteiger partial charge is 0.456 e. The molecule has 0 aliphatic carbocycles. The van der Waals surface area contributed by atoms with Gasteiger partial charge in [0.1, 0.15) is 23.2 Å². The van der Waals surface area contributed by atoms with E-state index in [9.17, 15) is 0 Å². The summed E-state index contributed by atoms with van der Waals surface area (Å²) in [4.78, 5) is 9.24. The van der Waals surface area contributed by atoms with Crippen molar-refractivity contribution in [3.63, 3.8) is 0 Å². The number of nitrogens with zero attached hydrogens (tertiary/aromatic N) is 3. The van der Waals surface area contributed by atoms with Gasteiger partial charge in [-0.3, -0.25) is 9.55 Å². The van der Waals surface area contributed by atoms with Crippen LogP contribution in [0.4, 0.5) is 0 Å². The summed E-state index contributed by atoms with van der Waals surface area (Å²) in [5.41, 5.74) is 12.8. The average Bonchev–Trinajstić information content (AvgIpc) is 3.47. The molecule has 2 N–H and O–H groups in total. The Bertz CT molecular complexity index is 1530. The summed E-state index contributed by atoms with van der Waals surface area (Å²) >= 11 is 0. The van der Waals surface area contributed by atoms with Gasteiger partial charge < -0.3 is 10.2 Å². The van der Waals surface area contributed by atoms with Gasteiger partial charge in [0.2, 0.25) is 0 Å². The van der Waals surface area contributed by atoms with Crippen LogP contribution in [0.1, 0.15) is 12.0 Å². The van der Waals surface area contributed by atoms with Crippen LogP contribution in [-0.4, -0.2) is 21.1 Å². The standard InChI is InChI=1S/C27H22N4O/c28-13-3-4-18-7-10-21(11-8-18)31-17-30-24-16-29-23-12-9-20(14-22(23)27(24)31)26-15-19-5-1-2-6-25(19)32-26/h1-2,5-12,14-17H,3-4,13,28H2. The second-order valence-electron chi connectivity index (χ2n) is 8.05. The van der Waals surface area contributed by atoms with Crippen LogP contribution in [0.5, 0.6) is 0 Å². The Kier molecular flexibility index (Phi) is 4.47.